The Morgan fingerprint density at radius 2 is 1.45 bits per heavy atom. The highest BCUT2D eigenvalue weighted by atomic mass is 16.5. The van der Waals surface area contributed by atoms with Gasteiger partial charge >= 0.3 is 5.97 Å². The number of nitrogens with zero attached hydrogens (tertiary/aromatic N) is 3. The second kappa shape index (κ2) is 9.54. The molecule has 2 aliphatic heterocycles. The minimum absolute atomic E-state index is 0.0378. The van der Waals surface area contributed by atoms with Gasteiger partial charge in [-0.3, -0.25) is 19.3 Å². The number of carbonyl (C=O) groups excluding carboxylic acids is 4. The number of carbonyl (C=O) groups is 4. The van der Waals surface area contributed by atoms with E-state index in [0.717, 1.165) is 18.8 Å². The van der Waals surface area contributed by atoms with Crippen LogP contribution in [0.25, 0.3) is 0 Å². The van der Waals surface area contributed by atoms with E-state index in [-0.39, 0.29) is 30.6 Å². The third-order valence-electron chi connectivity index (χ3n) is 6.15. The summed E-state index contributed by atoms with van der Waals surface area (Å²) in [6.45, 7) is 6.34. The zero-order valence-electron chi connectivity index (χ0n) is 18.8. The summed E-state index contributed by atoms with van der Waals surface area (Å²) in [5.74, 6) is -0.870. The van der Waals surface area contributed by atoms with Crippen molar-refractivity contribution in [1.29, 1.82) is 0 Å². The van der Waals surface area contributed by atoms with Gasteiger partial charge in [-0.15, -0.1) is 0 Å². The standard InChI is InChI=1S/C25H27N3O5/c1-3-33-25(32)19-6-10-21(11-7-19)28-23(30)16-22(24(28)31)27-14-12-26(13-15-27)20-8-4-18(5-9-20)17(2)29/h4-11,22H,3,12-16H2,1-2H3. The molecule has 4 rings (SSSR count). The maximum Gasteiger partial charge on any atom is 0.338 e. The van der Waals surface area contributed by atoms with Crippen molar-refractivity contribution in [3.8, 4) is 0 Å². The fourth-order valence-electron chi connectivity index (χ4n) is 4.33. The lowest BCUT2D eigenvalue weighted by atomic mass is 10.1. The molecular weight excluding hydrogens is 422 g/mol. The van der Waals surface area contributed by atoms with Crippen LogP contribution < -0.4 is 9.80 Å². The number of rotatable bonds is 6. The predicted octanol–water partition coefficient (Wildman–Crippen LogP) is 2.52. The SMILES string of the molecule is CCOC(=O)c1ccc(N2C(=O)CC(N3CCN(c4ccc(C(C)=O)cc4)CC3)C2=O)cc1. The molecule has 2 aliphatic rings. The molecule has 2 aromatic rings. The Balaban J connectivity index is 1.39. The van der Waals surface area contributed by atoms with E-state index in [2.05, 4.69) is 9.80 Å². The van der Waals surface area contributed by atoms with E-state index >= 15 is 0 Å². The topological polar surface area (TPSA) is 87.2 Å². The van der Waals surface area contributed by atoms with Crippen LogP contribution >= 0.6 is 0 Å². The third kappa shape index (κ3) is 4.66. The molecule has 33 heavy (non-hydrogen) atoms. The summed E-state index contributed by atoms with van der Waals surface area (Å²) in [4.78, 5) is 54.6. The van der Waals surface area contributed by atoms with E-state index in [1.807, 2.05) is 24.3 Å². The van der Waals surface area contributed by atoms with E-state index < -0.39 is 12.0 Å². The van der Waals surface area contributed by atoms with Gasteiger partial charge in [0, 0.05) is 37.4 Å². The van der Waals surface area contributed by atoms with Crippen molar-refractivity contribution in [2.75, 3.05) is 42.6 Å². The maximum atomic E-state index is 13.1. The van der Waals surface area contributed by atoms with Crippen LogP contribution in [0.2, 0.25) is 0 Å². The van der Waals surface area contributed by atoms with Crippen molar-refractivity contribution in [2.45, 2.75) is 26.3 Å². The van der Waals surface area contributed by atoms with Crippen molar-refractivity contribution in [1.82, 2.24) is 4.90 Å². The average Bonchev–Trinajstić information content (AvgIpc) is 3.13. The van der Waals surface area contributed by atoms with Crippen LogP contribution in [0.15, 0.2) is 48.5 Å². The molecule has 1 unspecified atom stereocenters. The van der Waals surface area contributed by atoms with Gasteiger partial charge in [-0.05, 0) is 62.4 Å². The molecule has 1 atom stereocenters. The lowest BCUT2D eigenvalue weighted by Gasteiger charge is -2.38. The molecule has 8 heteroatoms. The molecule has 8 nitrogen and oxygen atoms in total. The van der Waals surface area contributed by atoms with Gasteiger partial charge in [0.15, 0.2) is 5.78 Å². The van der Waals surface area contributed by atoms with Gasteiger partial charge in [0.05, 0.1) is 30.3 Å². The van der Waals surface area contributed by atoms with Crippen LogP contribution in [0.1, 0.15) is 41.0 Å². The van der Waals surface area contributed by atoms with Crippen LogP contribution in [0, 0.1) is 0 Å². The van der Waals surface area contributed by atoms with Crippen LogP contribution in [0.3, 0.4) is 0 Å². The second-order valence-electron chi connectivity index (χ2n) is 8.18. The van der Waals surface area contributed by atoms with Crippen molar-refractivity contribution in [2.24, 2.45) is 0 Å². The van der Waals surface area contributed by atoms with Crippen LogP contribution in [-0.4, -0.2) is 67.3 Å². The van der Waals surface area contributed by atoms with E-state index in [4.69, 9.17) is 4.74 Å². The predicted molar refractivity (Wildman–Crippen MR) is 124 cm³/mol. The lowest BCUT2D eigenvalue weighted by molar-refractivity contribution is -0.123. The Labute approximate surface area is 192 Å². The van der Waals surface area contributed by atoms with Crippen molar-refractivity contribution in [3.05, 3.63) is 59.7 Å². The largest absolute Gasteiger partial charge is 0.462 e. The molecule has 2 saturated heterocycles. The highest BCUT2D eigenvalue weighted by Crippen LogP contribution is 2.27. The summed E-state index contributed by atoms with van der Waals surface area (Å²) in [5, 5.41) is 0. The smallest absolute Gasteiger partial charge is 0.338 e. The van der Waals surface area contributed by atoms with Gasteiger partial charge in [0.2, 0.25) is 5.91 Å². The fourth-order valence-corrected chi connectivity index (χ4v) is 4.33. The Kier molecular flexibility index (Phi) is 6.55. The first-order valence-electron chi connectivity index (χ1n) is 11.1. The average molecular weight is 450 g/mol. The Morgan fingerprint density at radius 1 is 0.879 bits per heavy atom. The number of imide groups is 1. The van der Waals surface area contributed by atoms with Gasteiger partial charge in [-0.1, -0.05) is 0 Å². The first kappa shape index (κ1) is 22.7. The molecule has 2 heterocycles. The van der Waals surface area contributed by atoms with Crippen LogP contribution in [0.5, 0.6) is 0 Å². The van der Waals surface area contributed by atoms with E-state index in [1.165, 1.54) is 4.90 Å². The number of esters is 1. The van der Waals surface area contributed by atoms with E-state index in [1.54, 1.807) is 38.1 Å². The fraction of sp³-hybridized carbons (Fsp3) is 0.360. The minimum Gasteiger partial charge on any atom is -0.462 e. The van der Waals surface area contributed by atoms with Crippen molar-refractivity contribution >= 4 is 34.9 Å². The van der Waals surface area contributed by atoms with Gasteiger partial charge in [0.25, 0.3) is 5.91 Å². The highest BCUT2D eigenvalue weighted by Gasteiger charge is 2.43. The Hall–Kier alpha value is -3.52. The van der Waals surface area contributed by atoms with Gasteiger partial charge in [-0.25, -0.2) is 9.69 Å². The number of amides is 2. The second-order valence-corrected chi connectivity index (χ2v) is 8.18. The summed E-state index contributed by atoms with van der Waals surface area (Å²) in [6, 6.07) is 13.4. The number of benzene rings is 2. The zero-order chi connectivity index (χ0) is 23.5. The highest BCUT2D eigenvalue weighted by molar-refractivity contribution is 6.22. The normalized spacial score (nSPS) is 19.2. The first-order chi connectivity index (χ1) is 15.9. The first-order valence-corrected chi connectivity index (χ1v) is 11.1. The van der Waals surface area contributed by atoms with Gasteiger partial charge in [-0.2, -0.15) is 0 Å². The van der Waals surface area contributed by atoms with Gasteiger partial charge in [0.1, 0.15) is 0 Å². The molecular formula is C25H27N3O5. The Bertz CT molecular complexity index is 1060. The molecule has 0 saturated carbocycles. The summed E-state index contributed by atoms with van der Waals surface area (Å²) >= 11 is 0. The number of ether oxygens (including phenoxy) is 1. The molecule has 0 aromatic heterocycles. The summed E-state index contributed by atoms with van der Waals surface area (Å²) < 4.78 is 4.98. The summed E-state index contributed by atoms with van der Waals surface area (Å²) in [6.07, 6.45) is 0.145. The number of piperazine rings is 1. The molecule has 0 aliphatic carbocycles. The quantitative estimate of drug-likeness (QED) is 0.380. The number of ketones is 1. The number of hydrogen-bond acceptors (Lipinski definition) is 7. The maximum absolute atomic E-state index is 13.1. The molecule has 0 spiro atoms. The Morgan fingerprint density at radius 3 is 2.03 bits per heavy atom. The van der Waals surface area contributed by atoms with Crippen LogP contribution in [-0.2, 0) is 14.3 Å². The molecule has 2 aromatic carbocycles. The van der Waals surface area contributed by atoms with Crippen LogP contribution in [0.4, 0.5) is 11.4 Å². The number of anilines is 2. The summed E-state index contributed by atoms with van der Waals surface area (Å²) in [7, 11) is 0. The van der Waals surface area contributed by atoms with E-state index in [0.29, 0.717) is 29.9 Å². The molecule has 0 radical (unpaired) electrons. The number of hydrogen-bond donors (Lipinski definition) is 0. The molecule has 2 fully saturated rings. The molecule has 2 amide bonds. The molecule has 172 valence electrons. The van der Waals surface area contributed by atoms with Gasteiger partial charge < -0.3 is 9.64 Å². The zero-order valence-corrected chi connectivity index (χ0v) is 18.8. The van der Waals surface area contributed by atoms with E-state index in [9.17, 15) is 19.2 Å². The van der Waals surface area contributed by atoms with Crippen molar-refractivity contribution in [3.63, 3.8) is 0 Å². The minimum atomic E-state index is -0.482. The lowest BCUT2D eigenvalue weighted by Crippen LogP contribution is -2.52. The molecule has 0 N–H and O–H groups in total. The number of Topliss-reactive ketones (excluding diaryl/α,β-unsaturated/α-hetero) is 1. The monoisotopic (exact) mass is 449 g/mol. The third-order valence-corrected chi connectivity index (χ3v) is 6.15. The molecule has 0 bridgehead atoms. The van der Waals surface area contributed by atoms with Crippen molar-refractivity contribution < 1.29 is 23.9 Å². The summed E-state index contributed by atoms with van der Waals surface area (Å²) in [5.41, 5.74) is 2.56.